The normalized spacial score (nSPS) is 23.9. The fourth-order valence-corrected chi connectivity index (χ4v) is 3.66. The molecule has 0 aliphatic heterocycles. The summed E-state index contributed by atoms with van der Waals surface area (Å²) in [7, 11) is 0. The highest BCUT2D eigenvalue weighted by Gasteiger charge is 2.35. The number of thiophene rings is 2. The van der Waals surface area contributed by atoms with E-state index in [9.17, 15) is 0 Å². The molecule has 2 atom stereocenters. The van der Waals surface area contributed by atoms with Crippen LogP contribution < -0.4 is 5.32 Å². The zero-order chi connectivity index (χ0) is 11.0. The molecule has 1 aliphatic rings. The summed E-state index contributed by atoms with van der Waals surface area (Å²) >= 11 is 3.69. The third kappa shape index (κ3) is 2.08. The molecule has 0 bridgehead atoms. The summed E-state index contributed by atoms with van der Waals surface area (Å²) in [5, 5.41) is 8.09. The lowest BCUT2D eigenvalue weighted by Gasteiger charge is -2.15. The molecular weight excluding hydrogens is 234 g/mol. The van der Waals surface area contributed by atoms with Gasteiger partial charge in [0.2, 0.25) is 0 Å². The Morgan fingerprint density at radius 1 is 1.19 bits per heavy atom. The van der Waals surface area contributed by atoms with Crippen molar-refractivity contribution in [3.63, 3.8) is 0 Å². The average Bonchev–Trinajstić information content (AvgIpc) is 2.85. The van der Waals surface area contributed by atoms with Gasteiger partial charge in [-0.15, -0.1) is 22.7 Å². The van der Waals surface area contributed by atoms with E-state index in [0.29, 0.717) is 12.1 Å². The highest BCUT2D eigenvalue weighted by molar-refractivity contribution is 7.11. The van der Waals surface area contributed by atoms with Gasteiger partial charge in [-0.25, -0.2) is 0 Å². The summed E-state index contributed by atoms with van der Waals surface area (Å²) in [6.07, 6.45) is 1.33. The molecule has 1 saturated carbocycles. The van der Waals surface area contributed by atoms with E-state index in [-0.39, 0.29) is 0 Å². The quantitative estimate of drug-likeness (QED) is 0.866. The van der Waals surface area contributed by atoms with Crippen molar-refractivity contribution < 1.29 is 0 Å². The second-order valence-electron chi connectivity index (χ2n) is 4.45. The second kappa shape index (κ2) is 4.32. The van der Waals surface area contributed by atoms with Crippen LogP contribution in [0.15, 0.2) is 35.0 Å². The fourth-order valence-electron chi connectivity index (χ4n) is 1.98. The molecule has 1 N–H and O–H groups in total. The molecule has 0 amide bonds. The van der Waals surface area contributed by atoms with Gasteiger partial charge >= 0.3 is 0 Å². The summed E-state index contributed by atoms with van der Waals surface area (Å²) in [6, 6.07) is 9.87. The van der Waals surface area contributed by atoms with Crippen molar-refractivity contribution in [3.8, 4) is 0 Å². The lowest BCUT2D eigenvalue weighted by Crippen LogP contribution is -2.24. The molecular formula is C13H15NS2. The van der Waals surface area contributed by atoms with Gasteiger partial charge in [-0.2, -0.15) is 0 Å². The number of hydrogen-bond donors (Lipinski definition) is 1. The van der Waals surface area contributed by atoms with Crippen molar-refractivity contribution in [1.29, 1.82) is 0 Å². The van der Waals surface area contributed by atoms with E-state index in [4.69, 9.17) is 0 Å². The Balaban J connectivity index is 1.83. The van der Waals surface area contributed by atoms with Crippen molar-refractivity contribution in [2.45, 2.75) is 25.4 Å². The third-order valence-electron chi connectivity index (χ3n) is 3.15. The Hall–Kier alpha value is -0.640. The van der Waals surface area contributed by atoms with Gasteiger partial charge < -0.3 is 5.32 Å². The first kappa shape index (κ1) is 10.5. The molecule has 1 aliphatic carbocycles. The molecule has 2 unspecified atom stereocenters. The van der Waals surface area contributed by atoms with Crippen LogP contribution >= 0.6 is 22.7 Å². The van der Waals surface area contributed by atoms with E-state index >= 15 is 0 Å². The predicted molar refractivity (Wildman–Crippen MR) is 71.2 cm³/mol. The monoisotopic (exact) mass is 249 g/mol. The van der Waals surface area contributed by atoms with Crippen molar-refractivity contribution in [2.24, 2.45) is 5.92 Å². The van der Waals surface area contributed by atoms with E-state index < -0.39 is 0 Å². The van der Waals surface area contributed by atoms with Crippen LogP contribution in [-0.2, 0) is 0 Å². The van der Waals surface area contributed by atoms with E-state index in [1.165, 1.54) is 16.2 Å². The predicted octanol–water partition coefficient (Wildman–Crippen LogP) is 3.90. The first-order valence-corrected chi connectivity index (χ1v) is 7.43. The van der Waals surface area contributed by atoms with Crippen LogP contribution in [0.1, 0.15) is 29.1 Å². The second-order valence-corrected chi connectivity index (χ2v) is 6.41. The topological polar surface area (TPSA) is 12.0 Å². The Morgan fingerprint density at radius 3 is 2.12 bits per heavy atom. The molecule has 16 heavy (non-hydrogen) atoms. The molecule has 84 valence electrons. The SMILES string of the molecule is CC1CC1NC(c1cccs1)c1cccs1. The summed E-state index contributed by atoms with van der Waals surface area (Å²) in [4.78, 5) is 2.86. The lowest BCUT2D eigenvalue weighted by molar-refractivity contribution is 0.592. The Bertz CT molecular complexity index is 398. The summed E-state index contributed by atoms with van der Waals surface area (Å²) in [5.74, 6) is 0.849. The summed E-state index contributed by atoms with van der Waals surface area (Å²) in [5.41, 5.74) is 0. The van der Waals surface area contributed by atoms with Gasteiger partial charge in [-0.3, -0.25) is 0 Å². The molecule has 3 rings (SSSR count). The smallest absolute Gasteiger partial charge is 0.0767 e. The van der Waals surface area contributed by atoms with Crippen LogP contribution in [0.5, 0.6) is 0 Å². The molecule has 1 nitrogen and oxygen atoms in total. The molecule has 2 aromatic heterocycles. The van der Waals surface area contributed by atoms with Gasteiger partial charge in [0.05, 0.1) is 6.04 Å². The number of hydrogen-bond acceptors (Lipinski definition) is 3. The van der Waals surface area contributed by atoms with Gasteiger partial charge in [0.25, 0.3) is 0 Å². The van der Waals surface area contributed by atoms with Gasteiger partial charge in [-0.1, -0.05) is 19.1 Å². The van der Waals surface area contributed by atoms with Gasteiger partial charge in [-0.05, 0) is 35.2 Å². The van der Waals surface area contributed by atoms with Crippen LogP contribution in [0.25, 0.3) is 0 Å². The van der Waals surface area contributed by atoms with Crippen molar-refractivity contribution in [1.82, 2.24) is 5.32 Å². The van der Waals surface area contributed by atoms with Crippen LogP contribution in [0.3, 0.4) is 0 Å². The molecule has 2 aromatic rings. The zero-order valence-corrected chi connectivity index (χ0v) is 10.9. The first-order valence-electron chi connectivity index (χ1n) is 5.67. The van der Waals surface area contributed by atoms with Crippen molar-refractivity contribution in [2.75, 3.05) is 0 Å². The number of nitrogens with one attached hydrogen (secondary N) is 1. The highest BCUT2D eigenvalue weighted by Crippen LogP contribution is 2.36. The minimum atomic E-state index is 0.412. The molecule has 0 spiro atoms. The lowest BCUT2D eigenvalue weighted by atomic mass is 10.2. The maximum Gasteiger partial charge on any atom is 0.0767 e. The van der Waals surface area contributed by atoms with E-state index in [1.54, 1.807) is 0 Å². The highest BCUT2D eigenvalue weighted by atomic mass is 32.1. The van der Waals surface area contributed by atoms with Crippen LogP contribution in [0, 0.1) is 5.92 Å². The maximum absolute atomic E-state index is 3.77. The molecule has 3 heteroatoms. The average molecular weight is 249 g/mol. The molecule has 0 saturated heterocycles. The molecule has 0 radical (unpaired) electrons. The van der Waals surface area contributed by atoms with Gasteiger partial charge in [0.15, 0.2) is 0 Å². The van der Waals surface area contributed by atoms with Gasteiger partial charge in [0, 0.05) is 15.8 Å². The standard InChI is InChI=1S/C13H15NS2/c1-9-8-10(9)14-13(11-4-2-6-15-11)12-5-3-7-16-12/h2-7,9-10,13-14H,8H2,1H3. The Morgan fingerprint density at radius 2 is 1.75 bits per heavy atom. The molecule has 1 fully saturated rings. The third-order valence-corrected chi connectivity index (χ3v) is 5.02. The largest absolute Gasteiger partial charge is 0.302 e. The minimum absolute atomic E-state index is 0.412. The molecule has 0 aromatic carbocycles. The van der Waals surface area contributed by atoms with Gasteiger partial charge in [0.1, 0.15) is 0 Å². The Labute approximate surface area is 104 Å². The van der Waals surface area contributed by atoms with Crippen LogP contribution in [-0.4, -0.2) is 6.04 Å². The first-order chi connectivity index (χ1) is 7.84. The maximum atomic E-state index is 3.77. The minimum Gasteiger partial charge on any atom is -0.302 e. The number of rotatable bonds is 4. The van der Waals surface area contributed by atoms with Crippen LogP contribution in [0.2, 0.25) is 0 Å². The summed E-state index contributed by atoms with van der Waals surface area (Å²) in [6.45, 7) is 2.32. The summed E-state index contributed by atoms with van der Waals surface area (Å²) < 4.78 is 0. The van der Waals surface area contributed by atoms with Crippen molar-refractivity contribution in [3.05, 3.63) is 44.8 Å². The zero-order valence-electron chi connectivity index (χ0n) is 9.22. The van der Waals surface area contributed by atoms with Crippen LogP contribution in [0.4, 0.5) is 0 Å². The van der Waals surface area contributed by atoms with E-state index in [0.717, 1.165) is 5.92 Å². The van der Waals surface area contributed by atoms with E-state index in [2.05, 4.69) is 47.3 Å². The fraction of sp³-hybridized carbons (Fsp3) is 0.385. The molecule has 2 heterocycles. The van der Waals surface area contributed by atoms with E-state index in [1.807, 2.05) is 22.7 Å². The Kier molecular flexibility index (Phi) is 2.84. The van der Waals surface area contributed by atoms with Crippen molar-refractivity contribution >= 4 is 22.7 Å².